The number of hydrogen-bond acceptors (Lipinski definition) is 3. The van der Waals surface area contributed by atoms with Gasteiger partial charge in [-0.05, 0) is 42.5 Å². The zero-order valence-corrected chi connectivity index (χ0v) is 11.6. The maximum atomic E-state index is 12.2. The van der Waals surface area contributed by atoms with Crippen molar-refractivity contribution in [2.45, 2.75) is 37.8 Å². The first-order valence-corrected chi connectivity index (χ1v) is 7.15. The molecule has 0 bridgehead atoms. The number of benzene rings is 1. The Balaban J connectivity index is 1.72. The Morgan fingerprint density at radius 2 is 2.00 bits per heavy atom. The van der Waals surface area contributed by atoms with Gasteiger partial charge < -0.3 is 20.4 Å². The summed E-state index contributed by atoms with van der Waals surface area (Å²) in [7, 11) is 0. The molecule has 112 valence electrons. The van der Waals surface area contributed by atoms with Crippen molar-refractivity contribution in [1.29, 1.82) is 0 Å². The lowest BCUT2D eigenvalue weighted by Gasteiger charge is -2.21. The molecule has 0 unspecified atom stereocenters. The summed E-state index contributed by atoms with van der Waals surface area (Å²) in [5.41, 5.74) is 3.23. The van der Waals surface area contributed by atoms with Crippen LogP contribution in [0.15, 0.2) is 18.2 Å². The first-order valence-electron chi connectivity index (χ1n) is 7.15. The number of aryl methyl sites for hydroxylation is 2. The second-order valence-corrected chi connectivity index (χ2v) is 5.66. The van der Waals surface area contributed by atoms with Crippen LogP contribution in [0.1, 0.15) is 24.0 Å². The second-order valence-electron chi connectivity index (χ2n) is 5.66. The number of likely N-dealkylation sites (tertiary alicyclic amines) is 1. The highest BCUT2D eigenvalue weighted by Gasteiger charge is 2.39. The zero-order valence-electron chi connectivity index (χ0n) is 11.6. The van der Waals surface area contributed by atoms with Crippen LogP contribution in [0, 0.1) is 0 Å². The number of fused-ring (bicyclic) bond motifs is 1. The number of carbonyl (C=O) groups is 2. The Morgan fingerprint density at radius 1 is 1.24 bits per heavy atom. The molecule has 1 saturated heterocycles. The van der Waals surface area contributed by atoms with Crippen molar-refractivity contribution >= 4 is 17.7 Å². The molecule has 1 aromatic rings. The van der Waals surface area contributed by atoms with Crippen molar-refractivity contribution in [3.05, 3.63) is 29.3 Å². The Kier molecular flexibility index (Phi) is 3.55. The third-order valence-electron chi connectivity index (χ3n) is 4.17. The Hall–Kier alpha value is -2.08. The van der Waals surface area contributed by atoms with Crippen LogP contribution in [0.5, 0.6) is 0 Å². The highest BCUT2D eigenvalue weighted by Crippen LogP contribution is 2.26. The summed E-state index contributed by atoms with van der Waals surface area (Å²) in [6.07, 6.45) is 2.51. The molecule has 1 aliphatic heterocycles. The number of rotatable bonds is 2. The fourth-order valence-electron chi connectivity index (χ4n) is 3.12. The van der Waals surface area contributed by atoms with E-state index in [4.69, 9.17) is 5.11 Å². The molecule has 1 aliphatic carbocycles. The normalized spacial score (nSPS) is 24.0. The summed E-state index contributed by atoms with van der Waals surface area (Å²) in [6, 6.07) is 4.35. The monoisotopic (exact) mass is 290 g/mol. The number of β-amino-alcohol motifs (C(OH)–C–C–N with tert-alkyl or cyclic N) is 1. The summed E-state index contributed by atoms with van der Waals surface area (Å²) < 4.78 is 0. The van der Waals surface area contributed by atoms with Gasteiger partial charge in [-0.15, -0.1) is 0 Å². The smallest absolute Gasteiger partial charge is 0.326 e. The molecule has 2 aliphatic rings. The van der Waals surface area contributed by atoms with E-state index in [1.807, 2.05) is 18.2 Å². The standard InChI is InChI=1S/C15H18N2O4/c18-12-7-13(14(19)20)17(8-12)15(21)16-11-5-4-9-2-1-3-10(9)6-11/h4-6,12-13,18H,1-3,7-8H2,(H,16,21)(H,19,20)/t12-,13-/m1/s1. The number of aliphatic carboxylic acids is 1. The van der Waals surface area contributed by atoms with Crippen LogP contribution in [0.3, 0.4) is 0 Å². The van der Waals surface area contributed by atoms with Crippen molar-refractivity contribution in [2.24, 2.45) is 0 Å². The van der Waals surface area contributed by atoms with Gasteiger partial charge in [-0.25, -0.2) is 9.59 Å². The number of carbonyl (C=O) groups excluding carboxylic acids is 1. The van der Waals surface area contributed by atoms with E-state index in [0.717, 1.165) is 19.3 Å². The molecule has 0 radical (unpaired) electrons. The number of hydrogen-bond donors (Lipinski definition) is 3. The number of carboxylic acids is 1. The maximum Gasteiger partial charge on any atom is 0.326 e. The summed E-state index contributed by atoms with van der Waals surface area (Å²) >= 11 is 0. The number of amides is 2. The minimum Gasteiger partial charge on any atom is -0.480 e. The van der Waals surface area contributed by atoms with Crippen molar-refractivity contribution < 1.29 is 19.8 Å². The lowest BCUT2D eigenvalue weighted by molar-refractivity contribution is -0.141. The molecule has 1 heterocycles. The molecular weight excluding hydrogens is 272 g/mol. The minimum absolute atomic E-state index is 0.0493. The van der Waals surface area contributed by atoms with Gasteiger partial charge in [0.25, 0.3) is 0 Å². The third-order valence-corrected chi connectivity index (χ3v) is 4.17. The van der Waals surface area contributed by atoms with Crippen LogP contribution in [0.25, 0.3) is 0 Å². The molecule has 2 amide bonds. The molecule has 2 atom stereocenters. The average Bonchev–Trinajstić information content (AvgIpc) is 3.04. The number of aliphatic hydroxyl groups is 1. The van der Waals surface area contributed by atoms with E-state index in [1.54, 1.807) is 0 Å². The quantitative estimate of drug-likeness (QED) is 0.764. The van der Waals surface area contributed by atoms with E-state index in [9.17, 15) is 14.7 Å². The van der Waals surface area contributed by atoms with Gasteiger partial charge in [-0.3, -0.25) is 0 Å². The SMILES string of the molecule is O=C(O)[C@H]1C[C@@H](O)CN1C(=O)Nc1ccc2c(c1)CCC2. The van der Waals surface area contributed by atoms with Crippen molar-refractivity contribution in [3.63, 3.8) is 0 Å². The topological polar surface area (TPSA) is 89.9 Å². The molecule has 3 N–H and O–H groups in total. The lowest BCUT2D eigenvalue weighted by Crippen LogP contribution is -2.43. The molecular formula is C15H18N2O4. The maximum absolute atomic E-state index is 12.2. The largest absolute Gasteiger partial charge is 0.480 e. The molecule has 0 aromatic heterocycles. The van der Waals surface area contributed by atoms with Crippen LogP contribution < -0.4 is 5.32 Å². The number of anilines is 1. The van der Waals surface area contributed by atoms with E-state index >= 15 is 0 Å². The van der Waals surface area contributed by atoms with Gasteiger partial charge >= 0.3 is 12.0 Å². The molecule has 6 heteroatoms. The predicted octanol–water partition coefficient (Wildman–Crippen LogP) is 1.23. The Labute approximate surface area is 122 Å². The second kappa shape index (κ2) is 5.37. The zero-order chi connectivity index (χ0) is 15.0. The van der Waals surface area contributed by atoms with E-state index < -0.39 is 24.1 Å². The lowest BCUT2D eigenvalue weighted by atomic mass is 10.1. The average molecular weight is 290 g/mol. The van der Waals surface area contributed by atoms with Crippen LogP contribution >= 0.6 is 0 Å². The van der Waals surface area contributed by atoms with Crippen molar-refractivity contribution in [2.75, 3.05) is 11.9 Å². The van der Waals surface area contributed by atoms with Gasteiger partial charge in [0.1, 0.15) is 6.04 Å². The number of nitrogens with one attached hydrogen (secondary N) is 1. The summed E-state index contributed by atoms with van der Waals surface area (Å²) in [4.78, 5) is 24.5. The number of urea groups is 1. The van der Waals surface area contributed by atoms with Crippen molar-refractivity contribution in [1.82, 2.24) is 4.90 Å². The highest BCUT2D eigenvalue weighted by molar-refractivity contribution is 5.93. The minimum atomic E-state index is -1.09. The third kappa shape index (κ3) is 2.71. The molecule has 0 spiro atoms. The predicted molar refractivity (Wildman–Crippen MR) is 76.2 cm³/mol. The fraction of sp³-hybridized carbons (Fsp3) is 0.467. The Morgan fingerprint density at radius 3 is 2.76 bits per heavy atom. The van der Waals surface area contributed by atoms with Crippen LogP contribution in [-0.4, -0.2) is 45.8 Å². The van der Waals surface area contributed by atoms with Crippen LogP contribution in [-0.2, 0) is 17.6 Å². The van der Waals surface area contributed by atoms with Gasteiger partial charge in [0, 0.05) is 18.7 Å². The van der Waals surface area contributed by atoms with Gasteiger partial charge in [0.2, 0.25) is 0 Å². The van der Waals surface area contributed by atoms with E-state index in [1.165, 1.54) is 16.0 Å². The number of aliphatic hydroxyl groups excluding tert-OH is 1. The van der Waals surface area contributed by atoms with E-state index in [-0.39, 0.29) is 13.0 Å². The summed E-state index contributed by atoms with van der Waals surface area (Å²) in [6.45, 7) is 0.0493. The fourth-order valence-corrected chi connectivity index (χ4v) is 3.12. The number of nitrogens with zero attached hydrogens (tertiary/aromatic N) is 1. The molecule has 1 aromatic carbocycles. The molecule has 3 rings (SSSR count). The van der Waals surface area contributed by atoms with Gasteiger partial charge in [0.15, 0.2) is 0 Å². The van der Waals surface area contributed by atoms with Crippen LogP contribution in [0.4, 0.5) is 10.5 Å². The molecule has 6 nitrogen and oxygen atoms in total. The van der Waals surface area contributed by atoms with E-state index in [2.05, 4.69) is 5.32 Å². The Bertz CT molecular complexity index is 587. The van der Waals surface area contributed by atoms with Gasteiger partial charge in [-0.1, -0.05) is 6.07 Å². The van der Waals surface area contributed by atoms with Crippen molar-refractivity contribution in [3.8, 4) is 0 Å². The summed E-state index contributed by atoms with van der Waals surface area (Å²) in [5.74, 6) is -1.09. The first kappa shape index (κ1) is 13.9. The molecule has 1 fully saturated rings. The van der Waals surface area contributed by atoms with Crippen LogP contribution in [0.2, 0.25) is 0 Å². The highest BCUT2D eigenvalue weighted by atomic mass is 16.4. The number of carboxylic acid groups (broad SMARTS) is 1. The molecule has 0 saturated carbocycles. The summed E-state index contributed by atoms with van der Waals surface area (Å²) in [5, 5.41) is 21.4. The van der Waals surface area contributed by atoms with Gasteiger partial charge in [-0.2, -0.15) is 0 Å². The van der Waals surface area contributed by atoms with Gasteiger partial charge in [0.05, 0.1) is 6.10 Å². The van der Waals surface area contributed by atoms with E-state index in [0.29, 0.717) is 5.69 Å². The molecule has 21 heavy (non-hydrogen) atoms. The first-order chi connectivity index (χ1) is 10.0.